The van der Waals surface area contributed by atoms with Crippen molar-refractivity contribution in [2.75, 3.05) is 7.11 Å². The van der Waals surface area contributed by atoms with Gasteiger partial charge in [-0.3, -0.25) is 4.40 Å². The van der Waals surface area contributed by atoms with Gasteiger partial charge in [0.25, 0.3) is 0 Å². The highest BCUT2D eigenvalue weighted by atomic mass is 79.9. The molecule has 1 aliphatic carbocycles. The Hall–Kier alpha value is -1.03. The fraction of sp³-hybridized carbons (Fsp3) is 0.364. The van der Waals surface area contributed by atoms with E-state index in [2.05, 4.69) is 27.1 Å². The zero-order chi connectivity index (χ0) is 10.4. The van der Waals surface area contributed by atoms with Gasteiger partial charge in [-0.2, -0.15) is 0 Å². The maximum absolute atomic E-state index is 5.29. The highest BCUT2D eigenvalue weighted by Crippen LogP contribution is 2.40. The molecule has 3 rings (SSSR count). The van der Waals surface area contributed by atoms with Crippen LogP contribution in [0.5, 0.6) is 5.75 Å². The summed E-state index contributed by atoms with van der Waals surface area (Å²) in [5.41, 5.74) is 2.08. The third-order valence-electron chi connectivity index (χ3n) is 2.76. The molecule has 1 aliphatic rings. The van der Waals surface area contributed by atoms with Gasteiger partial charge in [-0.25, -0.2) is 4.98 Å². The maximum atomic E-state index is 5.29. The number of hydrogen-bond acceptors (Lipinski definition) is 2. The van der Waals surface area contributed by atoms with Gasteiger partial charge in [0, 0.05) is 12.1 Å². The first-order valence-corrected chi connectivity index (χ1v) is 5.80. The third kappa shape index (κ3) is 1.44. The van der Waals surface area contributed by atoms with Crippen LogP contribution in [0.25, 0.3) is 5.65 Å². The molecule has 2 heterocycles. The van der Waals surface area contributed by atoms with Gasteiger partial charge in [-0.15, -0.1) is 0 Å². The molecular weight excluding hydrogens is 256 g/mol. The van der Waals surface area contributed by atoms with E-state index in [1.54, 1.807) is 7.11 Å². The van der Waals surface area contributed by atoms with Crippen molar-refractivity contribution >= 4 is 21.6 Å². The first-order valence-electron chi connectivity index (χ1n) is 5.01. The highest BCUT2D eigenvalue weighted by Gasteiger charge is 2.27. The standard InChI is InChI=1S/C11H11BrN2O/c1-15-9-4-5-10(12)14-6-8(7-2-3-7)13-11(9)14/h4-7H,2-3H2,1H3. The van der Waals surface area contributed by atoms with Crippen molar-refractivity contribution in [1.29, 1.82) is 0 Å². The van der Waals surface area contributed by atoms with Crippen LogP contribution in [-0.4, -0.2) is 16.5 Å². The van der Waals surface area contributed by atoms with Crippen molar-refractivity contribution in [3.05, 3.63) is 28.6 Å². The van der Waals surface area contributed by atoms with Crippen LogP contribution in [0, 0.1) is 0 Å². The Kier molecular flexibility index (Phi) is 1.99. The van der Waals surface area contributed by atoms with Crippen LogP contribution < -0.4 is 4.74 Å². The lowest BCUT2D eigenvalue weighted by Crippen LogP contribution is -1.90. The van der Waals surface area contributed by atoms with E-state index in [9.17, 15) is 0 Å². The van der Waals surface area contributed by atoms with E-state index >= 15 is 0 Å². The number of ether oxygens (including phenoxy) is 1. The zero-order valence-corrected chi connectivity index (χ0v) is 9.99. The molecule has 2 aromatic rings. The molecule has 4 heteroatoms. The Labute approximate surface area is 96.2 Å². The zero-order valence-electron chi connectivity index (χ0n) is 8.40. The summed E-state index contributed by atoms with van der Waals surface area (Å²) >= 11 is 3.51. The number of rotatable bonds is 2. The number of fused-ring (bicyclic) bond motifs is 1. The first kappa shape index (κ1) is 9.21. The maximum Gasteiger partial charge on any atom is 0.180 e. The third-order valence-corrected chi connectivity index (χ3v) is 3.41. The van der Waals surface area contributed by atoms with Gasteiger partial charge in [0.2, 0.25) is 0 Å². The summed E-state index contributed by atoms with van der Waals surface area (Å²) in [6, 6.07) is 3.91. The molecule has 2 aromatic heterocycles. The van der Waals surface area contributed by atoms with Crippen LogP contribution in [0.4, 0.5) is 0 Å². The number of nitrogens with zero attached hydrogens (tertiary/aromatic N) is 2. The number of aromatic nitrogens is 2. The molecule has 3 nitrogen and oxygen atoms in total. The van der Waals surface area contributed by atoms with Gasteiger partial charge in [0.1, 0.15) is 0 Å². The number of imidazole rings is 1. The minimum Gasteiger partial charge on any atom is -0.493 e. The lowest BCUT2D eigenvalue weighted by atomic mass is 10.3. The topological polar surface area (TPSA) is 26.5 Å². The largest absolute Gasteiger partial charge is 0.493 e. The summed E-state index contributed by atoms with van der Waals surface area (Å²) in [5.74, 6) is 1.49. The molecule has 0 unspecified atom stereocenters. The average molecular weight is 267 g/mol. The monoisotopic (exact) mass is 266 g/mol. The highest BCUT2D eigenvalue weighted by molar-refractivity contribution is 9.10. The van der Waals surface area contributed by atoms with Crippen molar-refractivity contribution < 1.29 is 4.74 Å². The van der Waals surface area contributed by atoms with Gasteiger partial charge in [-0.1, -0.05) is 0 Å². The summed E-state index contributed by atoms with van der Waals surface area (Å²) in [4.78, 5) is 4.61. The SMILES string of the molecule is COc1ccc(Br)n2cc(C3CC3)nc12. The van der Waals surface area contributed by atoms with Crippen LogP contribution in [0.3, 0.4) is 0 Å². The molecular formula is C11H11BrN2O. The van der Waals surface area contributed by atoms with Crippen LogP contribution >= 0.6 is 15.9 Å². The average Bonchev–Trinajstić information content (AvgIpc) is 2.99. The smallest absolute Gasteiger partial charge is 0.180 e. The van der Waals surface area contributed by atoms with E-state index in [1.165, 1.54) is 18.5 Å². The molecule has 0 aliphatic heterocycles. The van der Waals surface area contributed by atoms with Crippen molar-refractivity contribution in [3.63, 3.8) is 0 Å². The van der Waals surface area contributed by atoms with Crippen LogP contribution in [0.1, 0.15) is 24.5 Å². The van der Waals surface area contributed by atoms with Crippen LogP contribution in [-0.2, 0) is 0 Å². The Bertz CT molecular complexity index is 517. The molecule has 0 aromatic carbocycles. The summed E-state index contributed by atoms with van der Waals surface area (Å²) in [7, 11) is 1.68. The Morgan fingerprint density at radius 1 is 1.47 bits per heavy atom. The molecule has 78 valence electrons. The summed E-state index contributed by atoms with van der Waals surface area (Å²) in [5, 5.41) is 0. The number of halogens is 1. The molecule has 0 spiro atoms. The lowest BCUT2D eigenvalue weighted by molar-refractivity contribution is 0.416. The summed E-state index contributed by atoms with van der Waals surface area (Å²) in [6.45, 7) is 0. The second-order valence-corrected chi connectivity index (χ2v) is 4.67. The van der Waals surface area contributed by atoms with E-state index < -0.39 is 0 Å². The Morgan fingerprint density at radius 2 is 2.27 bits per heavy atom. The molecule has 0 atom stereocenters. The van der Waals surface area contributed by atoms with Crippen molar-refractivity contribution in [3.8, 4) is 5.75 Å². The van der Waals surface area contributed by atoms with E-state index in [1.807, 2.05) is 16.5 Å². The summed E-state index contributed by atoms with van der Waals surface area (Å²) in [6.07, 6.45) is 4.63. The number of pyridine rings is 1. The van der Waals surface area contributed by atoms with Crippen molar-refractivity contribution in [2.45, 2.75) is 18.8 Å². The number of methoxy groups -OCH3 is 1. The molecule has 15 heavy (non-hydrogen) atoms. The van der Waals surface area contributed by atoms with Crippen molar-refractivity contribution in [2.24, 2.45) is 0 Å². The normalized spacial score (nSPS) is 15.9. The van der Waals surface area contributed by atoms with E-state index in [0.29, 0.717) is 5.92 Å². The van der Waals surface area contributed by atoms with Crippen molar-refractivity contribution in [1.82, 2.24) is 9.38 Å². The number of hydrogen-bond donors (Lipinski definition) is 0. The molecule has 1 fully saturated rings. The predicted octanol–water partition coefficient (Wildman–Crippen LogP) is 2.98. The van der Waals surface area contributed by atoms with E-state index in [4.69, 9.17) is 4.74 Å². The van der Waals surface area contributed by atoms with Gasteiger partial charge in [0.15, 0.2) is 11.4 Å². The molecule has 0 N–H and O–H groups in total. The van der Waals surface area contributed by atoms with Crippen LogP contribution in [0.2, 0.25) is 0 Å². The molecule has 0 radical (unpaired) electrons. The lowest BCUT2D eigenvalue weighted by Gasteiger charge is -2.02. The van der Waals surface area contributed by atoms with E-state index in [-0.39, 0.29) is 0 Å². The van der Waals surface area contributed by atoms with Gasteiger partial charge in [-0.05, 0) is 40.9 Å². The molecule has 0 amide bonds. The minimum atomic E-state index is 0.668. The summed E-state index contributed by atoms with van der Waals surface area (Å²) < 4.78 is 8.34. The Balaban J connectivity index is 2.25. The Morgan fingerprint density at radius 3 is 2.93 bits per heavy atom. The minimum absolute atomic E-state index is 0.668. The van der Waals surface area contributed by atoms with E-state index in [0.717, 1.165) is 16.0 Å². The van der Waals surface area contributed by atoms with Gasteiger partial charge in [0.05, 0.1) is 17.4 Å². The quantitative estimate of drug-likeness (QED) is 0.782. The second-order valence-electron chi connectivity index (χ2n) is 3.86. The van der Waals surface area contributed by atoms with Gasteiger partial charge < -0.3 is 4.74 Å². The first-order chi connectivity index (χ1) is 7.29. The fourth-order valence-electron chi connectivity index (χ4n) is 1.77. The molecule has 0 saturated heterocycles. The van der Waals surface area contributed by atoms with Gasteiger partial charge >= 0.3 is 0 Å². The fourth-order valence-corrected chi connectivity index (χ4v) is 2.17. The predicted molar refractivity (Wildman–Crippen MR) is 61.4 cm³/mol. The molecule has 0 bridgehead atoms. The second kappa shape index (κ2) is 3.23. The van der Waals surface area contributed by atoms with Crippen LogP contribution in [0.15, 0.2) is 22.9 Å². The molecule has 1 saturated carbocycles.